The minimum Gasteiger partial charge on any atom is -0.363 e. The first-order chi connectivity index (χ1) is 9.06. The van der Waals surface area contributed by atoms with Crippen molar-refractivity contribution < 1.29 is 4.79 Å². The number of aliphatic imine (C=N–C) groups is 1. The zero-order valence-corrected chi connectivity index (χ0v) is 12.4. The van der Waals surface area contributed by atoms with Crippen molar-refractivity contribution >= 4 is 40.1 Å². The van der Waals surface area contributed by atoms with Crippen LogP contribution in [0.4, 0.5) is 5.69 Å². The highest BCUT2D eigenvalue weighted by Gasteiger charge is 2.18. The van der Waals surface area contributed by atoms with Crippen LogP contribution in [0.2, 0.25) is 5.02 Å². The van der Waals surface area contributed by atoms with E-state index in [1.807, 2.05) is 26.0 Å². The Morgan fingerprint density at radius 3 is 3.00 bits per heavy atom. The number of nitrogens with one attached hydrogen (secondary N) is 2. The number of halogens is 1. The van der Waals surface area contributed by atoms with E-state index >= 15 is 0 Å². The van der Waals surface area contributed by atoms with Crippen LogP contribution in [0.1, 0.15) is 12.5 Å². The highest BCUT2D eigenvalue weighted by atomic mass is 35.5. The Balaban J connectivity index is 1.94. The number of thioether (sulfide) groups is 1. The van der Waals surface area contributed by atoms with Crippen LogP contribution in [0.25, 0.3) is 0 Å². The average Bonchev–Trinajstić information content (AvgIpc) is 2.86. The van der Waals surface area contributed by atoms with Gasteiger partial charge in [0.25, 0.3) is 0 Å². The summed E-state index contributed by atoms with van der Waals surface area (Å²) in [5.74, 6) is -0.0543. The molecule has 19 heavy (non-hydrogen) atoms. The smallest absolute Gasteiger partial charge is 0.237 e. The van der Waals surface area contributed by atoms with Crippen LogP contribution >= 0.6 is 23.4 Å². The van der Waals surface area contributed by atoms with Crippen LogP contribution in [0.5, 0.6) is 0 Å². The van der Waals surface area contributed by atoms with Gasteiger partial charge in [-0.3, -0.25) is 9.79 Å². The van der Waals surface area contributed by atoms with Crippen LogP contribution in [0, 0.1) is 6.92 Å². The standard InChI is InChI=1S/C13H16ClN3OS/c1-8-3-4-10(7-11(8)14)17-12(18)9(2)19-13-15-5-6-16-13/h3-4,7,9H,5-6H2,1-2H3,(H,15,16)(H,17,18). The SMILES string of the molecule is Cc1ccc(NC(=O)C(C)SC2=NCCN2)cc1Cl. The Morgan fingerprint density at radius 2 is 2.37 bits per heavy atom. The van der Waals surface area contributed by atoms with Crippen molar-refractivity contribution in [1.82, 2.24) is 5.32 Å². The number of carbonyl (C=O) groups excluding carboxylic acids is 1. The topological polar surface area (TPSA) is 53.5 Å². The van der Waals surface area contributed by atoms with Crippen molar-refractivity contribution in [2.45, 2.75) is 19.1 Å². The van der Waals surface area contributed by atoms with Gasteiger partial charge in [-0.2, -0.15) is 0 Å². The number of benzene rings is 1. The van der Waals surface area contributed by atoms with Crippen molar-refractivity contribution in [3.05, 3.63) is 28.8 Å². The van der Waals surface area contributed by atoms with E-state index in [4.69, 9.17) is 11.6 Å². The van der Waals surface area contributed by atoms with E-state index in [0.717, 1.165) is 29.5 Å². The molecule has 102 valence electrons. The average molecular weight is 298 g/mol. The van der Waals surface area contributed by atoms with Gasteiger partial charge in [0, 0.05) is 17.3 Å². The molecule has 0 saturated carbocycles. The van der Waals surface area contributed by atoms with E-state index in [1.165, 1.54) is 11.8 Å². The van der Waals surface area contributed by atoms with Gasteiger partial charge >= 0.3 is 0 Å². The molecular weight excluding hydrogens is 282 g/mol. The Kier molecular flexibility index (Phi) is 4.71. The van der Waals surface area contributed by atoms with E-state index in [9.17, 15) is 4.79 Å². The second-order valence-electron chi connectivity index (χ2n) is 4.33. The van der Waals surface area contributed by atoms with Crippen molar-refractivity contribution in [3.63, 3.8) is 0 Å². The fraction of sp³-hybridized carbons (Fsp3) is 0.385. The number of hydrogen-bond acceptors (Lipinski definition) is 4. The highest BCUT2D eigenvalue weighted by molar-refractivity contribution is 8.14. The maximum atomic E-state index is 12.0. The molecule has 0 aliphatic carbocycles. The number of amidine groups is 1. The minimum atomic E-state index is -0.204. The maximum Gasteiger partial charge on any atom is 0.237 e. The molecule has 1 heterocycles. The molecule has 2 rings (SSSR count). The van der Waals surface area contributed by atoms with E-state index in [2.05, 4.69) is 15.6 Å². The van der Waals surface area contributed by atoms with Gasteiger partial charge in [-0.15, -0.1) is 0 Å². The molecule has 0 aromatic heterocycles. The molecule has 1 aromatic carbocycles. The minimum absolute atomic E-state index is 0.0543. The molecule has 0 saturated heterocycles. The highest BCUT2D eigenvalue weighted by Crippen LogP contribution is 2.21. The van der Waals surface area contributed by atoms with Crippen LogP contribution < -0.4 is 10.6 Å². The first-order valence-corrected chi connectivity index (χ1v) is 7.34. The quantitative estimate of drug-likeness (QED) is 0.902. The fourth-order valence-corrected chi connectivity index (χ4v) is 2.62. The number of hydrogen-bond donors (Lipinski definition) is 2. The molecule has 1 amide bonds. The van der Waals surface area contributed by atoms with Crippen LogP contribution in [-0.2, 0) is 4.79 Å². The monoisotopic (exact) mass is 297 g/mol. The normalized spacial score (nSPS) is 15.6. The Bertz CT molecular complexity index is 519. The van der Waals surface area contributed by atoms with Gasteiger partial charge in [0.15, 0.2) is 5.17 Å². The molecular formula is C13H16ClN3OS. The Morgan fingerprint density at radius 1 is 1.58 bits per heavy atom. The molecule has 0 radical (unpaired) electrons. The Hall–Kier alpha value is -1.20. The zero-order valence-electron chi connectivity index (χ0n) is 10.9. The van der Waals surface area contributed by atoms with Crippen LogP contribution in [0.3, 0.4) is 0 Å². The van der Waals surface area contributed by atoms with Gasteiger partial charge in [-0.25, -0.2) is 0 Å². The summed E-state index contributed by atoms with van der Waals surface area (Å²) in [5.41, 5.74) is 1.71. The first-order valence-electron chi connectivity index (χ1n) is 6.08. The van der Waals surface area contributed by atoms with E-state index in [1.54, 1.807) is 6.07 Å². The van der Waals surface area contributed by atoms with E-state index in [0.29, 0.717) is 5.02 Å². The molecule has 1 unspecified atom stereocenters. The van der Waals surface area contributed by atoms with Gasteiger partial charge < -0.3 is 10.6 Å². The number of carbonyl (C=O) groups is 1. The molecule has 2 N–H and O–H groups in total. The van der Waals surface area contributed by atoms with Crippen molar-refractivity contribution in [2.24, 2.45) is 4.99 Å². The van der Waals surface area contributed by atoms with Crippen molar-refractivity contribution in [1.29, 1.82) is 0 Å². The van der Waals surface area contributed by atoms with Gasteiger partial charge in [0.05, 0.1) is 11.8 Å². The molecule has 6 heteroatoms. The largest absolute Gasteiger partial charge is 0.363 e. The first kappa shape index (κ1) is 14.2. The van der Waals surface area contributed by atoms with Crippen molar-refractivity contribution in [2.75, 3.05) is 18.4 Å². The summed E-state index contributed by atoms with van der Waals surface area (Å²) in [6.45, 7) is 5.42. The number of nitrogens with zero attached hydrogens (tertiary/aromatic N) is 1. The molecule has 1 aliphatic heterocycles. The molecule has 0 spiro atoms. The molecule has 1 atom stereocenters. The third kappa shape index (κ3) is 3.88. The summed E-state index contributed by atoms with van der Waals surface area (Å²) < 4.78 is 0. The molecule has 0 bridgehead atoms. The predicted octanol–water partition coefficient (Wildman–Crippen LogP) is 2.67. The van der Waals surface area contributed by atoms with Gasteiger partial charge in [-0.1, -0.05) is 29.4 Å². The fourth-order valence-electron chi connectivity index (χ4n) is 1.59. The lowest BCUT2D eigenvalue weighted by molar-refractivity contribution is -0.115. The summed E-state index contributed by atoms with van der Waals surface area (Å²) in [6.07, 6.45) is 0. The number of amides is 1. The van der Waals surface area contributed by atoms with E-state index < -0.39 is 0 Å². The summed E-state index contributed by atoms with van der Waals surface area (Å²) in [5, 5.41) is 7.28. The lowest BCUT2D eigenvalue weighted by Gasteiger charge is -2.12. The third-order valence-electron chi connectivity index (χ3n) is 2.74. The Labute approximate surface area is 122 Å². The number of rotatable bonds is 3. The lowest BCUT2D eigenvalue weighted by Crippen LogP contribution is -2.26. The van der Waals surface area contributed by atoms with Gasteiger partial charge in [0.2, 0.25) is 5.91 Å². The summed E-state index contributed by atoms with van der Waals surface area (Å²) >= 11 is 7.46. The van der Waals surface area contributed by atoms with Gasteiger partial charge in [0.1, 0.15) is 0 Å². The lowest BCUT2D eigenvalue weighted by atomic mass is 10.2. The van der Waals surface area contributed by atoms with E-state index in [-0.39, 0.29) is 11.2 Å². The summed E-state index contributed by atoms with van der Waals surface area (Å²) in [6, 6.07) is 5.50. The molecule has 0 fully saturated rings. The van der Waals surface area contributed by atoms with Crippen LogP contribution in [-0.4, -0.2) is 29.4 Å². The number of aryl methyl sites for hydroxylation is 1. The van der Waals surface area contributed by atoms with Crippen molar-refractivity contribution in [3.8, 4) is 0 Å². The molecule has 4 nitrogen and oxygen atoms in total. The second kappa shape index (κ2) is 6.30. The van der Waals surface area contributed by atoms with Crippen LogP contribution in [0.15, 0.2) is 23.2 Å². The zero-order chi connectivity index (χ0) is 13.8. The second-order valence-corrected chi connectivity index (χ2v) is 6.06. The maximum absolute atomic E-state index is 12.0. The third-order valence-corrected chi connectivity index (χ3v) is 4.21. The molecule has 1 aliphatic rings. The predicted molar refractivity (Wildman–Crippen MR) is 82.2 cm³/mol. The number of anilines is 1. The van der Waals surface area contributed by atoms with Gasteiger partial charge in [-0.05, 0) is 31.5 Å². The summed E-state index contributed by atoms with van der Waals surface area (Å²) in [4.78, 5) is 16.3. The molecule has 1 aromatic rings. The summed E-state index contributed by atoms with van der Waals surface area (Å²) in [7, 11) is 0.